The van der Waals surface area contributed by atoms with Gasteiger partial charge in [0.15, 0.2) is 28.9 Å². The van der Waals surface area contributed by atoms with Crippen molar-refractivity contribution in [1.82, 2.24) is 0 Å². The topological polar surface area (TPSA) is 283 Å². The summed E-state index contributed by atoms with van der Waals surface area (Å²) < 4.78 is 45.3. The predicted octanol–water partition coefficient (Wildman–Crippen LogP) is 25.5. The lowest BCUT2D eigenvalue weighted by molar-refractivity contribution is -0.142. The van der Waals surface area contributed by atoms with E-state index in [4.69, 9.17) is 54.1 Å². The summed E-state index contributed by atoms with van der Waals surface area (Å²) in [6.07, 6.45) is 38.4. The highest BCUT2D eigenvalue weighted by Crippen LogP contribution is 2.37. The quantitative estimate of drug-likeness (QED) is 0.0409. The Morgan fingerprint density at radius 2 is 0.697 bits per heavy atom. The summed E-state index contributed by atoms with van der Waals surface area (Å²) in [5.74, 6) is 0.656. The maximum atomic E-state index is 11.9. The highest BCUT2D eigenvalue weighted by molar-refractivity contribution is 5.95. The van der Waals surface area contributed by atoms with E-state index in [1.807, 2.05) is 228 Å². The predicted molar refractivity (Wildman–Crippen MR) is 514 cm³/mol. The molecule has 18 radical (unpaired) electrons. The van der Waals surface area contributed by atoms with Crippen molar-refractivity contribution in [3.8, 4) is 0 Å². The second-order valence-electron chi connectivity index (χ2n) is 28.7. The molecule has 10 aliphatic rings. The number of ether oxygens (including phenoxy) is 8. The van der Waals surface area contributed by atoms with Crippen LogP contribution in [0.1, 0.15) is 446 Å². The molecule has 12 atom stereocenters. The van der Waals surface area contributed by atoms with Crippen molar-refractivity contribution >= 4 is 67.8 Å². The third kappa shape index (κ3) is 77.4. The van der Waals surface area contributed by atoms with Crippen molar-refractivity contribution in [3.63, 3.8) is 0 Å². The number of aliphatic hydroxyl groups excluding tert-OH is 3. The van der Waals surface area contributed by atoms with E-state index in [9.17, 15) is 24.6 Å². The third-order valence-corrected chi connectivity index (χ3v) is 19.1. The van der Waals surface area contributed by atoms with Crippen LogP contribution in [0.5, 0.6) is 0 Å². The van der Waals surface area contributed by atoms with Crippen molar-refractivity contribution in [2.24, 2.45) is 33.9 Å². The van der Waals surface area contributed by atoms with Crippen LogP contribution in [0.15, 0.2) is 21.9 Å². The molecule has 0 aromatic carbocycles. The van der Waals surface area contributed by atoms with Crippen LogP contribution in [0.2, 0.25) is 0 Å². The van der Waals surface area contributed by atoms with Crippen LogP contribution in [0.4, 0.5) is 0 Å². The summed E-state index contributed by atoms with van der Waals surface area (Å²) in [4.78, 5) is 40.2. The van der Waals surface area contributed by atoms with Crippen molar-refractivity contribution in [2.45, 2.75) is 518 Å². The van der Waals surface area contributed by atoms with E-state index < -0.39 is 29.3 Å². The average molecular weight is 1680 g/mol. The van der Waals surface area contributed by atoms with Crippen molar-refractivity contribution in [2.75, 3.05) is 33.0 Å². The molecule has 0 spiro atoms. The number of ketones is 3. The molecule has 119 heavy (non-hydrogen) atoms. The number of rotatable bonds is 12. The fourth-order valence-corrected chi connectivity index (χ4v) is 14.3. The van der Waals surface area contributed by atoms with Gasteiger partial charge in [-0.15, -0.1) is 0 Å². The normalized spacial score (nSPS) is 25.7. The van der Waals surface area contributed by atoms with Gasteiger partial charge in [-0.3, -0.25) is 14.4 Å². The van der Waals surface area contributed by atoms with Gasteiger partial charge in [0.05, 0.1) is 63.6 Å². The molecule has 4 aliphatic heterocycles. The summed E-state index contributed by atoms with van der Waals surface area (Å²) in [6, 6.07) is 0.142. The summed E-state index contributed by atoms with van der Waals surface area (Å²) >= 11 is 0. The minimum Gasteiger partial charge on any atom is -0.394 e. The molecule has 4 saturated heterocycles. The van der Waals surface area contributed by atoms with Crippen molar-refractivity contribution in [3.05, 3.63) is 32.5 Å². The first-order valence-electron chi connectivity index (χ1n) is 47.1. The number of carbonyl (C=O) groups excluding carboxylic acids is 3. The van der Waals surface area contributed by atoms with Gasteiger partial charge in [0.25, 0.3) is 0 Å². The van der Waals surface area contributed by atoms with E-state index in [1.54, 1.807) is 0 Å². The van der Waals surface area contributed by atoms with Crippen LogP contribution in [0.3, 0.4) is 0 Å². The molecular formula is C93H192B6N6O14. The second-order valence-corrected chi connectivity index (χ2v) is 28.7. The molecule has 20 nitrogen and oxygen atoms in total. The van der Waals surface area contributed by atoms with Gasteiger partial charge in [-0.05, 0) is 205 Å². The minimum atomic E-state index is -0.676. The Labute approximate surface area is 749 Å². The largest absolute Gasteiger partial charge is 0.394 e. The second kappa shape index (κ2) is 101. The number of allylic oxidation sites excluding steroid dienone is 1. The Morgan fingerprint density at radius 1 is 0.387 bits per heavy atom. The molecule has 10 fully saturated rings. The first kappa shape index (κ1) is 148. The molecule has 26 heteroatoms. The van der Waals surface area contributed by atoms with Crippen LogP contribution in [0, 0.1) is 23.7 Å². The zero-order valence-corrected chi connectivity index (χ0v) is 83.8. The summed E-state index contributed by atoms with van der Waals surface area (Å²) in [5.41, 5.74) is 18.1. The Bertz CT molecular complexity index is 2230. The molecule has 0 bridgehead atoms. The average Bonchev–Trinajstić information content (AvgIpc) is 1.74. The molecule has 3 N–H and O–H groups in total. The number of hydrogen-bond donors (Lipinski definition) is 3. The van der Waals surface area contributed by atoms with Gasteiger partial charge in [-0.1, -0.05) is 266 Å². The SMILES string of the molecule is CC.CC.CC.CC.CC.CC.CC.CC.CC.CC.CC.CC.CC1(C)OC[C@@H](/C=C2\CCCCCC2=O)O1.CC1(C)OC[C@@H](C[C@@H]2CCCCCC2=O)O1.CC1(C)OC[C@@H](C[C@@H]2CCCCC[C@@H]2O)O1.CC1(C)OC[C@@H](C[C@@H]2CCCCC[C@H]2N=[N+]=[N-])O1.O=C1CCCCCC1.[B].[B].[B].[B].[B].[B].[N-]=[N+]=N[C@@H]1CCCCC[C@H]1C[C@@H](O)CO. The number of azide groups is 2. The van der Waals surface area contributed by atoms with E-state index in [-0.39, 0.29) is 112 Å². The highest BCUT2D eigenvalue weighted by Gasteiger charge is 2.39. The smallest absolute Gasteiger partial charge is 0.163 e. The summed E-state index contributed by atoms with van der Waals surface area (Å²) in [5, 5.41) is 36.0. The molecule has 0 unspecified atom stereocenters. The van der Waals surface area contributed by atoms with Crippen LogP contribution in [0.25, 0.3) is 20.9 Å². The fourth-order valence-electron chi connectivity index (χ4n) is 14.3. The van der Waals surface area contributed by atoms with E-state index in [0.717, 1.165) is 147 Å². The van der Waals surface area contributed by atoms with E-state index in [2.05, 4.69) is 20.1 Å². The lowest BCUT2D eigenvalue weighted by Crippen LogP contribution is -2.27. The van der Waals surface area contributed by atoms with Crippen molar-refractivity contribution < 1.29 is 67.6 Å². The van der Waals surface area contributed by atoms with Gasteiger partial charge in [0.2, 0.25) is 0 Å². The summed E-state index contributed by atoms with van der Waals surface area (Å²) in [6.45, 7) is 65.8. The lowest BCUT2D eigenvalue weighted by atomic mass is 9.90. The van der Waals surface area contributed by atoms with Gasteiger partial charge in [0, 0.05) is 104 Å². The molecule has 696 valence electrons. The van der Waals surface area contributed by atoms with E-state index in [1.165, 1.54) is 70.6 Å². The third-order valence-electron chi connectivity index (χ3n) is 19.1. The molecule has 6 saturated carbocycles. The van der Waals surface area contributed by atoms with E-state index in [0.29, 0.717) is 68.5 Å². The van der Waals surface area contributed by atoms with E-state index >= 15 is 0 Å². The molecule has 10 rings (SSSR count). The lowest BCUT2D eigenvalue weighted by Gasteiger charge is -2.24. The van der Waals surface area contributed by atoms with Gasteiger partial charge in [-0.25, -0.2) is 0 Å². The fraction of sp³-hybridized carbons (Fsp3) is 0.946. The Kier molecular flexibility index (Phi) is 125. The Balaban J connectivity index is -0.0000000877. The standard InChI is InChI=1S/C13H23N3O2.C13H24O3.C13H22O3.C13H20O3.C10H19N3O2.C7H12O.12C2H6.6B/c1-13(2)17-9-11(18-13)8-10-6-4-3-5-7-12(10)15-16-14;3*1-13(2)15-9-11(16-13)8-10-6-4-3-5-7-12(10)14;11-13-12-10-5-3-1-2-4-8(10)6-9(15)7-14;8-7-5-3-1-2-4-6-7;12*1-2;;;;;;/h10-12H,3-9H2,1-2H3;10-12,14H,3-9H2,1-2H3;10-11H,3-9H2,1-2H3;8,11H,3-7,9H2,1-2H3;8-10,14-15H,1-7H2;1-6H2;12*1-2H3;;;;;;/b;;;10-8+;;;;;;;;;;;;;;;;;;;;/t10-,11+,12+;10-,11+,12-;10-,11+;11-;8-,9+,10+;;;;;;;;;;;;;;;;;;;/m00010.................../s1. The Morgan fingerprint density at radius 3 is 1.09 bits per heavy atom. The number of aliphatic hydroxyl groups is 3. The number of carbonyl (C=O) groups is 3. The van der Waals surface area contributed by atoms with Crippen LogP contribution >= 0.6 is 0 Å². The highest BCUT2D eigenvalue weighted by atomic mass is 16.8. The van der Waals surface area contributed by atoms with Crippen LogP contribution in [-0.2, 0) is 52.3 Å². The molecular weight excluding hydrogens is 1490 g/mol. The van der Waals surface area contributed by atoms with Crippen LogP contribution < -0.4 is 0 Å². The maximum Gasteiger partial charge on any atom is 0.163 e. The molecule has 6 aliphatic carbocycles. The zero-order valence-electron chi connectivity index (χ0n) is 83.8. The summed E-state index contributed by atoms with van der Waals surface area (Å²) in [7, 11) is 0. The van der Waals surface area contributed by atoms with Gasteiger partial charge < -0.3 is 53.2 Å². The first-order valence-corrected chi connectivity index (χ1v) is 47.1. The monoisotopic (exact) mass is 1680 g/mol. The molecule has 0 aromatic heterocycles. The zero-order chi connectivity index (χ0) is 88.7. The first-order chi connectivity index (χ1) is 54.5. The molecule has 0 aromatic rings. The Hall–Kier alpha value is -2.68. The number of nitrogens with zero attached hydrogens (tertiary/aromatic N) is 6. The van der Waals surface area contributed by atoms with Crippen molar-refractivity contribution in [1.29, 1.82) is 0 Å². The number of hydrogen-bond acceptors (Lipinski definition) is 16. The minimum absolute atomic E-state index is 0. The van der Waals surface area contributed by atoms with Gasteiger partial charge >= 0.3 is 0 Å². The maximum absolute atomic E-state index is 11.9. The molecule has 0 amide bonds. The van der Waals surface area contributed by atoms with Gasteiger partial charge in [-0.2, -0.15) is 0 Å². The molecule has 4 heterocycles. The number of Topliss-reactive ketones (excluding diaryl/α,β-unsaturated/α-hetero) is 3. The van der Waals surface area contributed by atoms with Gasteiger partial charge in [0.1, 0.15) is 17.7 Å². The van der Waals surface area contributed by atoms with Crippen LogP contribution in [-0.4, -0.2) is 188 Å².